The van der Waals surface area contributed by atoms with Crippen LogP contribution in [-0.2, 0) is 14.3 Å². The highest BCUT2D eigenvalue weighted by molar-refractivity contribution is 5.69. The van der Waals surface area contributed by atoms with Gasteiger partial charge in [0, 0.05) is 31.9 Å². The van der Waals surface area contributed by atoms with Crippen molar-refractivity contribution in [2.75, 3.05) is 26.2 Å². The van der Waals surface area contributed by atoms with Crippen molar-refractivity contribution in [2.24, 2.45) is 0 Å². The summed E-state index contributed by atoms with van der Waals surface area (Å²) in [7, 11) is 0. The molecule has 0 bridgehead atoms. The van der Waals surface area contributed by atoms with Crippen molar-refractivity contribution in [1.82, 2.24) is 19.8 Å². The van der Waals surface area contributed by atoms with Crippen LogP contribution in [0.2, 0.25) is 0 Å². The quantitative estimate of drug-likeness (QED) is 0.607. The molecule has 27 heavy (non-hydrogen) atoms. The molecule has 1 aliphatic heterocycles. The van der Waals surface area contributed by atoms with Gasteiger partial charge in [-0.25, -0.2) is 9.59 Å². The van der Waals surface area contributed by atoms with Crippen molar-refractivity contribution in [3.8, 4) is 0 Å². The second kappa shape index (κ2) is 8.35. The molecule has 150 valence electrons. The van der Waals surface area contributed by atoms with E-state index in [0.717, 1.165) is 0 Å². The lowest BCUT2D eigenvalue weighted by atomic mass is 10.2. The van der Waals surface area contributed by atoms with E-state index in [0.29, 0.717) is 0 Å². The molecule has 2 heterocycles. The highest BCUT2D eigenvalue weighted by Gasteiger charge is 2.31. The van der Waals surface area contributed by atoms with Crippen molar-refractivity contribution in [3.63, 3.8) is 0 Å². The maximum absolute atomic E-state index is 12.0. The second-order valence-electron chi connectivity index (χ2n) is 7.20. The Morgan fingerprint density at radius 1 is 1.37 bits per heavy atom. The molecule has 1 aromatic rings. The number of ether oxygens (including phenoxy) is 2. The first kappa shape index (κ1) is 20.6. The third kappa shape index (κ3) is 6.53. The average molecular weight is 384 g/mol. The Bertz CT molecular complexity index is 795. The molecule has 2 atom stereocenters. The summed E-state index contributed by atoms with van der Waals surface area (Å²) in [6.07, 6.45) is -0.726. The van der Waals surface area contributed by atoms with Crippen LogP contribution in [0.4, 0.5) is 4.79 Å². The van der Waals surface area contributed by atoms with Crippen molar-refractivity contribution in [3.05, 3.63) is 33.1 Å². The van der Waals surface area contributed by atoms with Crippen LogP contribution in [0.25, 0.3) is 0 Å². The maximum Gasteiger partial charge on any atom is 0.407 e. The van der Waals surface area contributed by atoms with Crippen LogP contribution in [0.3, 0.4) is 0 Å². The number of rotatable bonds is 5. The van der Waals surface area contributed by atoms with E-state index in [9.17, 15) is 19.2 Å². The molecule has 1 saturated heterocycles. The van der Waals surface area contributed by atoms with Crippen molar-refractivity contribution < 1.29 is 24.2 Å². The number of H-pyrrole nitrogens is 1. The number of nitrogens with one attached hydrogen (secondary N) is 2. The number of nitrogens with zero attached hydrogens (tertiary/aromatic N) is 2. The monoisotopic (exact) mass is 384 g/mol. The topological polar surface area (TPSA) is 143 Å². The number of alkyl carbamates (subject to hydrolysis) is 1. The summed E-state index contributed by atoms with van der Waals surface area (Å²) in [4.78, 5) is 49.8. The molecule has 1 fully saturated rings. The lowest BCUT2D eigenvalue weighted by molar-refractivity contribution is -0.147. The minimum atomic E-state index is -1.02. The molecule has 1 aromatic heterocycles. The minimum absolute atomic E-state index is 0.0691. The van der Waals surface area contributed by atoms with E-state index in [4.69, 9.17) is 14.6 Å². The highest BCUT2D eigenvalue weighted by Crippen LogP contribution is 2.18. The zero-order valence-corrected chi connectivity index (χ0v) is 15.4. The molecular weight excluding hydrogens is 360 g/mol. The van der Waals surface area contributed by atoms with Gasteiger partial charge in [0.1, 0.15) is 5.60 Å². The number of aliphatic carboxylic acids is 1. The zero-order chi connectivity index (χ0) is 20.2. The van der Waals surface area contributed by atoms with Crippen LogP contribution in [0.15, 0.2) is 21.9 Å². The van der Waals surface area contributed by atoms with Gasteiger partial charge in [-0.15, -0.1) is 0 Å². The number of amides is 1. The molecule has 1 amide bonds. The maximum atomic E-state index is 12.0. The summed E-state index contributed by atoms with van der Waals surface area (Å²) in [5, 5.41) is 11.6. The minimum Gasteiger partial charge on any atom is -0.480 e. The molecule has 0 aromatic carbocycles. The van der Waals surface area contributed by atoms with E-state index in [2.05, 4.69) is 10.3 Å². The normalized spacial score (nSPS) is 20.9. The summed E-state index contributed by atoms with van der Waals surface area (Å²) in [5.74, 6) is -1.02. The van der Waals surface area contributed by atoms with E-state index in [1.54, 1.807) is 25.7 Å². The molecule has 0 saturated carbocycles. The smallest absolute Gasteiger partial charge is 0.407 e. The van der Waals surface area contributed by atoms with Crippen molar-refractivity contribution >= 4 is 12.1 Å². The van der Waals surface area contributed by atoms with E-state index >= 15 is 0 Å². The lowest BCUT2D eigenvalue weighted by Gasteiger charge is -2.37. The van der Waals surface area contributed by atoms with Crippen molar-refractivity contribution in [1.29, 1.82) is 0 Å². The Labute approximate surface area is 154 Å². The summed E-state index contributed by atoms with van der Waals surface area (Å²) in [5.41, 5.74) is -1.86. The van der Waals surface area contributed by atoms with Crippen molar-refractivity contribution in [2.45, 2.75) is 38.7 Å². The van der Waals surface area contributed by atoms with E-state index in [1.165, 1.54) is 16.8 Å². The number of carbonyl (C=O) groups excluding carboxylic acids is 1. The van der Waals surface area contributed by atoms with Gasteiger partial charge in [0.2, 0.25) is 0 Å². The van der Waals surface area contributed by atoms with Crippen LogP contribution in [-0.4, -0.2) is 69.5 Å². The molecule has 0 aliphatic carbocycles. The first-order valence-corrected chi connectivity index (χ1v) is 8.41. The summed E-state index contributed by atoms with van der Waals surface area (Å²) >= 11 is 0. The number of carbonyl (C=O) groups is 2. The molecular formula is C16H24N4O7. The summed E-state index contributed by atoms with van der Waals surface area (Å²) in [6, 6.07) is 1.18. The van der Waals surface area contributed by atoms with E-state index < -0.39 is 41.2 Å². The number of morpholine rings is 1. The van der Waals surface area contributed by atoms with E-state index in [-0.39, 0.29) is 26.2 Å². The highest BCUT2D eigenvalue weighted by atomic mass is 16.6. The molecule has 2 rings (SSSR count). The van der Waals surface area contributed by atoms with Gasteiger partial charge in [-0.3, -0.25) is 24.0 Å². The summed E-state index contributed by atoms with van der Waals surface area (Å²) in [6.45, 7) is 5.41. The SMILES string of the molecule is CC(C)(C)OC(=O)NC[C@@H]1CN(CC(=O)O)C[C@H](n2ccc(=O)[nH]c2=O)O1. The fourth-order valence-electron chi connectivity index (χ4n) is 2.64. The van der Waals surface area contributed by atoms with Crippen LogP contribution in [0, 0.1) is 0 Å². The largest absolute Gasteiger partial charge is 0.480 e. The van der Waals surface area contributed by atoms with Gasteiger partial charge in [-0.1, -0.05) is 0 Å². The Kier molecular flexibility index (Phi) is 6.39. The van der Waals surface area contributed by atoms with Gasteiger partial charge < -0.3 is 19.9 Å². The Hall–Kier alpha value is -2.66. The number of aromatic amines is 1. The van der Waals surface area contributed by atoms with Gasteiger partial charge in [0.15, 0.2) is 6.23 Å². The molecule has 1 aliphatic rings. The Morgan fingerprint density at radius 3 is 2.67 bits per heavy atom. The standard InChI is InChI=1S/C16H24N4O7/c1-16(2,3)27-15(25)17-6-10-7-19(9-13(22)23)8-12(26-10)20-5-4-11(21)18-14(20)24/h4-5,10,12H,6-9H2,1-3H3,(H,17,25)(H,22,23)(H,18,21,24)/t10-,12-/m1/s1. The van der Waals surface area contributed by atoms with Gasteiger partial charge in [0.05, 0.1) is 12.6 Å². The fourth-order valence-corrected chi connectivity index (χ4v) is 2.64. The van der Waals surface area contributed by atoms with E-state index in [1.807, 2.05) is 0 Å². The zero-order valence-electron chi connectivity index (χ0n) is 15.4. The summed E-state index contributed by atoms with van der Waals surface area (Å²) < 4.78 is 12.2. The number of carboxylic acid groups (broad SMARTS) is 1. The molecule has 0 spiro atoms. The third-order valence-electron chi connectivity index (χ3n) is 3.62. The predicted octanol–water partition coefficient (Wildman–Crippen LogP) is -0.655. The third-order valence-corrected chi connectivity index (χ3v) is 3.62. The Morgan fingerprint density at radius 2 is 2.07 bits per heavy atom. The first-order chi connectivity index (χ1) is 12.5. The molecule has 0 radical (unpaired) electrons. The van der Waals surface area contributed by atoms with Gasteiger partial charge in [0.25, 0.3) is 5.56 Å². The number of carboxylic acids is 1. The first-order valence-electron chi connectivity index (χ1n) is 8.41. The van der Waals surface area contributed by atoms with Crippen LogP contribution < -0.4 is 16.6 Å². The van der Waals surface area contributed by atoms with Crippen LogP contribution in [0.5, 0.6) is 0 Å². The lowest BCUT2D eigenvalue weighted by Crippen LogP contribution is -2.52. The molecule has 0 unspecified atom stereocenters. The predicted molar refractivity (Wildman–Crippen MR) is 93.5 cm³/mol. The van der Waals surface area contributed by atoms with Gasteiger partial charge in [-0.05, 0) is 20.8 Å². The fraction of sp³-hybridized carbons (Fsp3) is 0.625. The second-order valence-corrected chi connectivity index (χ2v) is 7.20. The number of aromatic nitrogens is 2. The number of hydrogen-bond donors (Lipinski definition) is 3. The molecule has 3 N–H and O–H groups in total. The van der Waals surface area contributed by atoms with Gasteiger partial charge in [-0.2, -0.15) is 0 Å². The molecule has 11 nitrogen and oxygen atoms in total. The molecule has 11 heteroatoms. The number of hydrogen-bond acceptors (Lipinski definition) is 7. The van der Waals surface area contributed by atoms with Crippen LogP contribution >= 0.6 is 0 Å². The van der Waals surface area contributed by atoms with Crippen LogP contribution in [0.1, 0.15) is 27.0 Å². The average Bonchev–Trinajstić information content (AvgIpc) is 2.50. The van der Waals surface area contributed by atoms with Gasteiger partial charge >= 0.3 is 17.8 Å². The Balaban J connectivity index is 2.10.